The highest BCUT2D eigenvalue weighted by atomic mass is 32.2. The van der Waals surface area contributed by atoms with Gasteiger partial charge in [-0.15, -0.1) is 0 Å². The van der Waals surface area contributed by atoms with Crippen molar-refractivity contribution in [3.05, 3.63) is 89.5 Å². The highest BCUT2D eigenvalue weighted by Crippen LogP contribution is 2.30. The van der Waals surface area contributed by atoms with Crippen LogP contribution in [0.3, 0.4) is 0 Å². The molecule has 0 radical (unpaired) electrons. The number of benzene rings is 3. The first kappa shape index (κ1) is 20.6. The van der Waals surface area contributed by atoms with Crippen LogP contribution < -0.4 is 4.90 Å². The van der Waals surface area contributed by atoms with E-state index in [4.69, 9.17) is 0 Å². The second-order valence-electron chi connectivity index (χ2n) is 7.26. The summed E-state index contributed by atoms with van der Waals surface area (Å²) in [5.74, 6) is -1.29. The number of aryl methyl sites for hydroxylation is 1. The van der Waals surface area contributed by atoms with Crippen LogP contribution in [-0.2, 0) is 21.4 Å². The third-order valence-corrected chi connectivity index (χ3v) is 6.94. The summed E-state index contributed by atoms with van der Waals surface area (Å²) in [4.78, 5) is 27.2. The minimum atomic E-state index is -4.11. The number of nitrogens with zero attached hydrogens (tertiary/aromatic N) is 2. The van der Waals surface area contributed by atoms with Gasteiger partial charge in [0.1, 0.15) is 17.2 Å². The van der Waals surface area contributed by atoms with Gasteiger partial charge in [-0.25, -0.2) is 12.7 Å². The van der Waals surface area contributed by atoms with Gasteiger partial charge in [0.2, 0.25) is 5.91 Å². The molecule has 1 heterocycles. The number of hydrogen-bond donors (Lipinski definition) is 1. The fraction of sp³-hybridized carbons (Fsp3) is 0.130. The Morgan fingerprint density at radius 2 is 1.61 bits per heavy atom. The Morgan fingerprint density at radius 1 is 0.968 bits per heavy atom. The standard InChI is InChI=1S/C23H20N2O5S/c1-16-10-12-18(13-11-16)24(14-17-6-2-4-8-20(17)26)22(27)15-25-23(28)19-7-3-5-9-21(19)31(25,29)30/h2-13,26H,14-15H2,1H3. The molecule has 0 aromatic heterocycles. The molecule has 4 rings (SSSR count). The van der Waals surface area contributed by atoms with E-state index in [1.165, 1.54) is 29.2 Å². The summed E-state index contributed by atoms with van der Waals surface area (Å²) >= 11 is 0. The zero-order valence-electron chi connectivity index (χ0n) is 16.7. The quantitative estimate of drug-likeness (QED) is 0.663. The number of fused-ring (bicyclic) bond motifs is 1. The average Bonchev–Trinajstić information content (AvgIpc) is 2.95. The van der Waals surface area contributed by atoms with Crippen molar-refractivity contribution in [3.63, 3.8) is 0 Å². The maximum absolute atomic E-state index is 13.3. The van der Waals surface area contributed by atoms with Crippen molar-refractivity contribution < 1.29 is 23.1 Å². The molecule has 0 fully saturated rings. The van der Waals surface area contributed by atoms with E-state index in [2.05, 4.69) is 0 Å². The molecule has 3 aromatic rings. The smallest absolute Gasteiger partial charge is 0.269 e. The van der Waals surface area contributed by atoms with Gasteiger partial charge in [0.05, 0.1) is 12.1 Å². The molecule has 0 aliphatic carbocycles. The van der Waals surface area contributed by atoms with Crippen molar-refractivity contribution in [2.45, 2.75) is 18.4 Å². The van der Waals surface area contributed by atoms with Crippen molar-refractivity contribution in [1.29, 1.82) is 0 Å². The van der Waals surface area contributed by atoms with E-state index in [-0.39, 0.29) is 22.8 Å². The number of amides is 2. The largest absolute Gasteiger partial charge is 0.508 e. The van der Waals surface area contributed by atoms with E-state index in [0.29, 0.717) is 15.6 Å². The Morgan fingerprint density at radius 3 is 2.29 bits per heavy atom. The Hall–Kier alpha value is -3.65. The molecule has 0 saturated heterocycles. The molecule has 1 N–H and O–H groups in total. The molecule has 0 atom stereocenters. The fourth-order valence-corrected chi connectivity index (χ4v) is 4.98. The van der Waals surface area contributed by atoms with Crippen LogP contribution in [0.15, 0.2) is 77.7 Å². The van der Waals surface area contributed by atoms with E-state index in [9.17, 15) is 23.1 Å². The molecule has 2 amide bonds. The molecular weight excluding hydrogens is 416 g/mol. The van der Waals surface area contributed by atoms with E-state index >= 15 is 0 Å². The zero-order chi connectivity index (χ0) is 22.2. The van der Waals surface area contributed by atoms with Crippen molar-refractivity contribution >= 4 is 27.5 Å². The lowest BCUT2D eigenvalue weighted by molar-refractivity contribution is -0.118. The summed E-state index contributed by atoms with van der Waals surface area (Å²) in [5.41, 5.74) is 2.07. The number of aromatic hydroxyl groups is 1. The van der Waals surface area contributed by atoms with Crippen molar-refractivity contribution in [2.24, 2.45) is 0 Å². The lowest BCUT2D eigenvalue weighted by atomic mass is 10.1. The van der Waals surface area contributed by atoms with Crippen molar-refractivity contribution in [3.8, 4) is 5.75 Å². The number of para-hydroxylation sites is 1. The first-order valence-corrected chi connectivity index (χ1v) is 11.0. The molecule has 0 unspecified atom stereocenters. The second-order valence-corrected chi connectivity index (χ2v) is 9.09. The summed E-state index contributed by atoms with van der Waals surface area (Å²) in [6, 6.07) is 19.6. The van der Waals surface area contributed by atoms with Crippen LogP contribution >= 0.6 is 0 Å². The van der Waals surface area contributed by atoms with Gasteiger partial charge in [-0.3, -0.25) is 9.59 Å². The van der Waals surface area contributed by atoms with Gasteiger partial charge in [0.15, 0.2) is 0 Å². The first-order chi connectivity index (χ1) is 14.8. The van der Waals surface area contributed by atoms with Crippen LogP contribution in [0.25, 0.3) is 0 Å². The molecule has 0 saturated carbocycles. The van der Waals surface area contributed by atoms with Crippen LogP contribution in [0.5, 0.6) is 5.75 Å². The van der Waals surface area contributed by atoms with Gasteiger partial charge in [-0.2, -0.15) is 0 Å². The maximum Gasteiger partial charge on any atom is 0.269 e. The lowest BCUT2D eigenvalue weighted by Gasteiger charge is -2.26. The number of anilines is 1. The molecule has 1 aliphatic heterocycles. The third-order valence-electron chi connectivity index (χ3n) is 5.16. The number of phenolic OH excluding ortho intramolecular Hbond substituents is 1. The van der Waals surface area contributed by atoms with Crippen LogP contribution in [0.1, 0.15) is 21.5 Å². The van der Waals surface area contributed by atoms with Crippen molar-refractivity contribution in [1.82, 2.24) is 4.31 Å². The van der Waals surface area contributed by atoms with Gasteiger partial charge in [0.25, 0.3) is 15.9 Å². The maximum atomic E-state index is 13.3. The molecule has 7 nitrogen and oxygen atoms in total. The molecular formula is C23H20N2O5S. The summed E-state index contributed by atoms with van der Waals surface area (Å²) < 4.78 is 26.3. The third kappa shape index (κ3) is 3.77. The average molecular weight is 436 g/mol. The minimum absolute atomic E-state index is 0.0175. The minimum Gasteiger partial charge on any atom is -0.508 e. The summed E-state index contributed by atoms with van der Waals surface area (Å²) in [7, 11) is -4.11. The highest BCUT2D eigenvalue weighted by molar-refractivity contribution is 7.90. The predicted molar refractivity (Wildman–Crippen MR) is 115 cm³/mol. The Labute approximate surface area is 180 Å². The number of carbonyl (C=O) groups is 2. The number of hydrogen-bond acceptors (Lipinski definition) is 5. The van der Waals surface area contributed by atoms with E-state index in [0.717, 1.165) is 5.56 Å². The van der Waals surface area contributed by atoms with Crippen LogP contribution in [0.4, 0.5) is 5.69 Å². The summed E-state index contributed by atoms with van der Waals surface area (Å²) in [5, 5.41) is 10.2. The van der Waals surface area contributed by atoms with E-state index in [1.807, 2.05) is 19.1 Å². The number of rotatable bonds is 5. The van der Waals surface area contributed by atoms with Gasteiger partial charge >= 0.3 is 0 Å². The fourth-order valence-electron chi connectivity index (χ4n) is 3.46. The van der Waals surface area contributed by atoms with E-state index in [1.54, 1.807) is 36.4 Å². The van der Waals surface area contributed by atoms with Gasteiger partial charge in [0, 0.05) is 11.3 Å². The van der Waals surface area contributed by atoms with Gasteiger partial charge in [-0.05, 0) is 37.3 Å². The molecule has 1 aliphatic rings. The lowest BCUT2D eigenvalue weighted by Crippen LogP contribution is -2.42. The Bertz CT molecular complexity index is 1270. The topological polar surface area (TPSA) is 95.0 Å². The number of sulfonamides is 1. The van der Waals surface area contributed by atoms with Crippen LogP contribution in [-0.4, -0.2) is 36.2 Å². The monoisotopic (exact) mass is 436 g/mol. The Balaban J connectivity index is 1.67. The molecule has 0 bridgehead atoms. The van der Waals surface area contributed by atoms with Gasteiger partial charge < -0.3 is 10.0 Å². The van der Waals surface area contributed by atoms with Crippen LogP contribution in [0.2, 0.25) is 0 Å². The summed E-state index contributed by atoms with van der Waals surface area (Å²) in [6.45, 7) is 1.28. The summed E-state index contributed by atoms with van der Waals surface area (Å²) in [6.07, 6.45) is 0. The molecule has 31 heavy (non-hydrogen) atoms. The molecule has 0 spiro atoms. The Kier molecular flexibility index (Phi) is 5.24. The molecule has 3 aromatic carbocycles. The van der Waals surface area contributed by atoms with Gasteiger partial charge in [-0.1, -0.05) is 48.0 Å². The van der Waals surface area contributed by atoms with Crippen LogP contribution in [0, 0.1) is 6.92 Å². The zero-order valence-corrected chi connectivity index (χ0v) is 17.5. The predicted octanol–water partition coefficient (Wildman–Crippen LogP) is 3.08. The normalized spacial score (nSPS) is 14.4. The first-order valence-electron chi connectivity index (χ1n) is 9.59. The highest BCUT2D eigenvalue weighted by Gasteiger charge is 2.42. The molecule has 158 valence electrons. The van der Waals surface area contributed by atoms with Crippen molar-refractivity contribution in [2.75, 3.05) is 11.4 Å². The SMILES string of the molecule is Cc1ccc(N(Cc2ccccc2O)C(=O)CN2C(=O)c3ccccc3S2(=O)=O)cc1. The number of carbonyl (C=O) groups excluding carboxylic acids is 2. The molecule has 8 heteroatoms. The van der Waals surface area contributed by atoms with E-state index < -0.39 is 28.4 Å². The second kappa shape index (κ2) is 7.88. The number of phenols is 1.